The molecular weight excluding hydrogens is 319 g/mol. The first-order valence-electron chi connectivity index (χ1n) is 7.75. The fourth-order valence-corrected chi connectivity index (χ4v) is 2.28. The number of rotatable bonds is 5. The lowest BCUT2D eigenvalue weighted by Gasteiger charge is -2.09. The Kier molecular flexibility index (Phi) is 4.95. The number of halogens is 1. The number of carbonyl (C=O) groups excluding carboxylic acids is 1. The van der Waals surface area contributed by atoms with Crippen molar-refractivity contribution in [2.45, 2.75) is 6.61 Å². The van der Waals surface area contributed by atoms with E-state index in [0.717, 1.165) is 11.3 Å². The topological polar surface area (TPSA) is 64.3 Å². The summed E-state index contributed by atoms with van der Waals surface area (Å²) in [7, 11) is 0. The number of amides is 1. The van der Waals surface area contributed by atoms with Crippen molar-refractivity contribution < 1.29 is 13.9 Å². The Hall–Kier alpha value is -3.34. The molecule has 0 heterocycles. The van der Waals surface area contributed by atoms with Crippen molar-refractivity contribution in [3.8, 4) is 5.75 Å². The summed E-state index contributed by atoms with van der Waals surface area (Å²) >= 11 is 0. The van der Waals surface area contributed by atoms with Crippen molar-refractivity contribution in [1.29, 1.82) is 0 Å². The average Bonchev–Trinajstić information content (AvgIpc) is 2.63. The molecule has 4 nitrogen and oxygen atoms in total. The Morgan fingerprint density at radius 3 is 2.40 bits per heavy atom. The number of benzene rings is 3. The van der Waals surface area contributed by atoms with Crippen LogP contribution in [-0.2, 0) is 6.61 Å². The van der Waals surface area contributed by atoms with Crippen LogP contribution >= 0.6 is 0 Å². The maximum atomic E-state index is 13.0. The summed E-state index contributed by atoms with van der Waals surface area (Å²) in [4.78, 5) is 12.3. The standard InChI is InChI=1S/C20H17FN2O2/c21-16-10-11-19(18(22)12-16)23-20(24)15-8-6-14(7-9-15)13-25-17-4-2-1-3-5-17/h1-12H,13,22H2,(H,23,24). The summed E-state index contributed by atoms with van der Waals surface area (Å²) in [5, 5.41) is 2.67. The Morgan fingerprint density at radius 2 is 1.72 bits per heavy atom. The second kappa shape index (κ2) is 7.49. The van der Waals surface area contributed by atoms with E-state index in [4.69, 9.17) is 10.5 Å². The second-order valence-corrected chi connectivity index (χ2v) is 5.48. The Balaban J connectivity index is 1.62. The molecule has 0 spiro atoms. The minimum Gasteiger partial charge on any atom is -0.489 e. The van der Waals surface area contributed by atoms with Gasteiger partial charge in [-0.15, -0.1) is 0 Å². The van der Waals surface area contributed by atoms with E-state index in [9.17, 15) is 9.18 Å². The van der Waals surface area contributed by atoms with Gasteiger partial charge in [-0.05, 0) is 48.0 Å². The number of nitrogens with one attached hydrogen (secondary N) is 1. The highest BCUT2D eigenvalue weighted by Crippen LogP contribution is 2.20. The van der Waals surface area contributed by atoms with Gasteiger partial charge in [0.05, 0.1) is 11.4 Å². The molecule has 0 aliphatic rings. The van der Waals surface area contributed by atoms with Crippen LogP contribution in [0.5, 0.6) is 5.75 Å². The normalized spacial score (nSPS) is 10.3. The number of anilines is 2. The summed E-state index contributed by atoms with van der Waals surface area (Å²) in [6.07, 6.45) is 0. The maximum absolute atomic E-state index is 13.0. The lowest BCUT2D eigenvalue weighted by atomic mass is 10.1. The number of nitrogen functional groups attached to an aromatic ring is 1. The molecule has 3 aromatic carbocycles. The minimum absolute atomic E-state index is 0.182. The van der Waals surface area contributed by atoms with Crippen molar-refractivity contribution >= 4 is 17.3 Å². The van der Waals surface area contributed by atoms with Crippen molar-refractivity contribution in [3.63, 3.8) is 0 Å². The van der Waals surface area contributed by atoms with Crippen LogP contribution < -0.4 is 15.8 Å². The van der Waals surface area contributed by atoms with Crippen molar-refractivity contribution in [2.24, 2.45) is 0 Å². The number of nitrogens with two attached hydrogens (primary N) is 1. The Bertz CT molecular complexity index is 865. The molecule has 0 bridgehead atoms. The van der Waals surface area contributed by atoms with E-state index in [-0.39, 0.29) is 11.6 Å². The molecule has 0 unspecified atom stereocenters. The van der Waals surface area contributed by atoms with Crippen molar-refractivity contribution in [1.82, 2.24) is 0 Å². The van der Waals surface area contributed by atoms with Crippen LogP contribution in [0.4, 0.5) is 15.8 Å². The van der Waals surface area contributed by atoms with Gasteiger partial charge in [0.2, 0.25) is 0 Å². The zero-order valence-corrected chi connectivity index (χ0v) is 13.4. The van der Waals surface area contributed by atoms with Gasteiger partial charge in [0, 0.05) is 5.56 Å². The quantitative estimate of drug-likeness (QED) is 0.685. The van der Waals surface area contributed by atoms with Gasteiger partial charge in [-0.2, -0.15) is 0 Å². The molecule has 5 heteroatoms. The molecule has 0 saturated heterocycles. The van der Waals surface area contributed by atoms with E-state index >= 15 is 0 Å². The molecule has 0 aliphatic heterocycles. The molecule has 0 atom stereocenters. The molecule has 0 fully saturated rings. The first-order chi connectivity index (χ1) is 12.1. The van der Waals surface area contributed by atoms with Crippen molar-refractivity contribution in [2.75, 3.05) is 11.1 Å². The number of ether oxygens (including phenoxy) is 1. The molecule has 25 heavy (non-hydrogen) atoms. The van der Waals surface area contributed by atoms with Crippen LogP contribution in [0.1, 0.15) is 15.9 Å². The second-order valence-electron chi connectivity index (χ2n) is 5.48. The first kappa shape index (κ1) is 16.5. The fourth-order valence-electron chi connectivity index (χ4n) is 2.28. The number of carbonyl (C=O) groups is 1. The summed E-state index contributed by atoms with van der Waals surface area (Å²) in [6, 6.07) is 20.4. The van der Waals surface area contributed by atoms with Gasteiger partial charge in [0.25, 0.3) is 5.91 Å². The Morgan fingerprint density at radius 1 is 1.00 bits per heavy atom. The average molecular weight is 336 g/mol. The van der Waals surface area contributed by atoms with Gasteiger partial charge in [-0.25, -0.2) is 4.39 Å². The molecule has 3 N–H and O–H groups in total. The molecule has 0 saturated carbocycles. The molecule has 1 amide bonds. The van der Waals surface area contributed by atoms with Gasteiger partial charge < -0.3 is 15.8 Å². The van der Waals surface area contributed by atoms with Crippen LogP contribution in [0.3, 0.4) is 0 Å². The van der Waals surface area contributed by atoms with E-state index in [2.05, 4.69) is 5.32 Å². The highest BCUT2D eigenvalue weighted by molar-refractivity contribution is 6.05. The van der Waals surface area contributed by atoms with E-state index in [1.165, 1.54) is 18.2 Å². The summed E-state index contributed by atoms with van der Waals surface area (Å²) in [5.74, 6) is 0.0307. The monoisotopic (exact) mass is 336 g/mol. The third-order valence-electron chi connectivity index (χ3n) is 3.63. The van der Waals surface area contributed by atoms with E-state index in [0.29, 0.717) is 17.9 Å². The van der Waals surface area contributed by atoms with Crippen LogP contribution in [0.25, 0.3) is 0 Å². The van der Waals surface area contributed by atoms with E-state index in [1.54, 1.807) is 12.1 Å². The van der Waals surface area contributed by atoms with E-state index in [1.807, 2.05) is 42.5 Å². The maximum Gasteiger partial charge on any atom is 0.255 e. The van der Waals surface area contributed by atoms with Crippen LogP contribution in [0.2, 0.25) is 0 Å². The van der Waals surface area contributed by atoms with Gasteiger partial charge in [-0.1, -0.05) is 30.3 Å². The van der Waals surface area contributed by atoms with Crippen LogP contribution in [0.15, 0.2) is 72.8 Å². The van der Waals surface area contributed by atoms with Gasteiger partial charge in [0.1, 0.15) is 18.2 Å². The SMILES string of the molecule is Nc1cc(F)ccc1NC(=O)c1ccc(COc2ccccc2)cc1. The van der Waals surface area contributed by atoms with E-state index < -0.39 is 5.82 Å². The summed E-state index contributed by atoms with van der Waals surface area (Å²) < 4.78 is 18.7. The molecule has 0 radical (unpaired) electrons. The smallest absolute Gasteiger partial charge is 0.255 e. The molecule has 3 aromatic rings. The predicted molar refractivity (Wildman–Crippen MR) is 96.0 cm³/mol. The number of hydrogen-bond donors (Lipinski definition) is 2. The molecule has 0 aliphatic carbocycles. The van der Waals surface area contributed by atoms with Gasteiger partial charge >= 0.3 is 0 Å². The highest BCUT2D eigenvalue weighted by atomic mass is 19.1. The third-order valence-corrected chi connectivity index (χ3v) is 3.63. The number of para-hydroxylation sites is 1. The molecule has 0 aromatic heterocycles. The van der Waals surface area contributed by atoms with Gasteiger partial charge in [-0.3, -0.25) is 4.79 Å². The highest BCUT2D eigenvalue weighted by Gasteiger charge is 2.09. The lowest BCUT2D eigenvalue weighted by molar-refractivity contribution is 0.102. The first-order valence-corrected chi connectivity index (χ1v) is 7.75. The van der Waals surface area contributed by atoms with Crippen molar-refractivity contribution in [3.05, 3.63) is 89.7 Å². The zero-order chi connectivity index (χ0) is 17.6. The summed E-state index contributed by atoms with van der Waals surface area (Å²) in [5.41, 5.74) is 7.68. The molecule has 3 rings (SSSR count). The minimum atomic E-state index is -0.446. The van der Waals surface area contributed by atoms with Crippen LogP contribution in [0, 0.1) is 5.82 Å². The third kappa shape index (κ3) is 4.35. The number of hydrogen-bond acceptors (Lipinski definition) is 3. The summed E-state index contributed by atoms with van der Waals surface area (Å²) in [6.45, 7) is 0.414. The zero-order valence-electron chi connectivity index (χ0n) is 13.4. The molecule has 126 valence electrons. The van der Waals surface area contributed by atoms with Crippen LogP contribution in [-0.4, -0.2) is 5.91 Å². The Labute approximate surface area is 145 Å². The predicted octanol–water partition coefficient (Wildman–Crippen LogP) is 4.24. The fraction of sp³-hybridized carbons (Fsp3) is 0.0500. The molecular formula is C20H17FN2O2. The van der Waals surface area contributed by atoms with Gasteiger partial charge in [0.15, 0.2) is 0 Å². The largest absolute Gasteiger partial charge is 0.489 e. The lowest BCUT2D eigenvalue weighted by Crippen LogP contribution is -2.13.